The molecule has 0 fully saturated rings. The molecule has 0 radical (unpaired) electrons. The van der Waals surface area contributed by atoms with Gasteiger partial charge in [0.15, 0.2) is 0 Å². The van der Waals surface area contributed by atoms with Crippen molar-refractivity contribution in [2.24, 2.45) is 7.05 Å². The zero-order valence-electron chi connectivity index (χ0n) is 8.42. The van der Waals surface area contributed by atoms with Gasteiger partial charge in [-0.3, -0.25) is 4.68 Å². The van der Waals surface area contributed by atoms with Gasteiger partial charge in [0.1, 0.15) is 0 Å². The maximum atomic E-state index is 12.6. The monoisotopic (exact) mass is 238 g/mol. The normalized spacial score (nSPS) is 11.5. The van der Waals surface area contributed by atoms with E-state index in [2.05, 4.69) is 5.10 Å². The smallest absolute Gasteiger partial charge is 0.445 e. The minimum Gasteiger partial charge on any atom is -0.445 e. The van der Waals surface area contributed by atoms with Crippen LogP contribution in [0.25, 0.3) is 10.9 Å². The van der Waals surface area contributed by atoms with Crippen LogP contribution in [0.3, 0.4) is 0 Å². The maximum absolute atomic E-state index is 12.6. The van der Waals surface area contributed by atoms with Gasteiger partial charge in [0.05, 0.1) is 5.52 Å². The first-order valence-electron chi connectivity index (χ1n) is 4.11. The van der Waals surface area contributed by atoms with Crippen molar-refractivity contribution in [3.63, 3.8) is 0 Å². The van der Waals surface area contributed by atoms with E-state index in [1.165, 1.54) is 16.9 Å². The minimum absolute atomic E-state index is 0. The third kappa shape index (κ3) is 2.65. The molecule has 0 aliphatic carbocycles. The van der Waals surface area contributed by atoms with E-state index in [1.807, 2.05) is 0 Å². The summed E-state index contributed by atoms with van der Waals surface area (Å²) < 4.78 is 39.0. The van der Waals surface area contributed by atoms with E-state index >= 15 is 0 Å². The molecular formula is C8H7BF3KN2. The van der Waals surface area contributed by atoms with E-state index in [-0.39, 0.29) is 56.8 Å². The van der Waals surface area contributed by atoms with Crippen LogP contribution in [0, 0.1) is 0 Å². The molecule has 1 aromatic heterocycles. The molecule has 74 valence electrons. The van der Waals surface area contributed by atoms with E-state index in [9.17, 15) is 12.9 Å². The number of halogens is 3. The van der Waals surface area contributed by atoms with E-state index < -0.39 is 12.4 Å². The van der Waals surface area contributed by atoms with Crippen molar-refractivity contribution in [3.8, 4) is 0 Å². The van der Waals surface area contributed by atoms with Gasteiger partial charge in [0.2, 0.25) is 0 Å². The van der Waals surface area contributed by atoms with E-state index in [0.29, 0.717) is 5.52 Å². The Morgan fingerprint density at radius 1 is 1.27 bits per heavy atom. The summed E-state index contributed by atoms with van der Waals surface area (Å²) >= 11 is 0. The molecule has 0 saturated carbocycles. The number of nitrogens with zero attached hydrogens (tertiary/aromatic N) is 2. The van der Waals surface area contributed by atoms with Gasteiger partial charge in [-0.15, -0.1) is 0 Å². The van der Waals surface area contributed by atoms with Crippen LogP contribution in [-0.4, -0.2) is 16.8 Å². The first kappa shape index (κ1) is 13.2. The molecule has 0 atom stereocenters. The third-order valence-corrected chi connectivity index (χ3v) is 2.05. The molecule has 15 heavy (non-hydrogen) atoms. The van der Waals surface area contributed by atoms with Crippen LogP contribution in [-0.2, 0) is 7.05 Å². The number of rotatable bonds is 1. The molecule has 7 heteroatoms. The van der Waals surface area contributed by atoms with Crippen molar-refractivity contribution < 1.29 is 64.3 Å². The van der Waals surface area contributed by atoms with Gasteiger partial charge in [0.25, 0.3) is 0 Å². The molecule has 0 aliphatic rings. The first-order valence-corrected chi connectivity index (χ1v) is 4.11. The number of aromatic nitrogens is 2. The van der Waals surface area contributed by atoms with E-state index in [0.717, 1.165) is 6.07 Å². The zero-order chi connectivity index (χ0) is 10.3. The van der Waals surface area contributed by atoms with Crippen LogP contribution in [0.15, 0.2) is 24.4 Å². The second-order valence-corrected chi connectivity index (χ2v) is 3.16. The Hall–Kier alpha value is 0.181. The molecule has 0 spiro atoms. The Labute approximate surface area is 127 Å². The molecule has 0 amide bonds. The summed E-state index contributed by atoms with van der Waals surface area (Å²) in [6.45, 7) is -4.96. The van der Waals surface area contributed by atoms with Crippen molar-refractivity contribution >= 4 is 23.3 Å². The third-order valence-electron chi connectivity index (χ3n) is 2.05. The van der Waals surface area contributed by atoms with E-state index in [1.54, 1.807) is 13.1 Å². The molecule has 2 rings (SSSR count). The van der Waals surface area contributed by atoms with Crippen molar-refractivity contribution in [2.45, 2.75) is 0 Å². The van der Waals surface area contributed by atoms with Crippen LogP contribution < -0.4 is 56.8 Å². The number of fused-ring (bicyclic) bond motifs is 1. The fourth-order valence-electron chi connectivity index (χ4n) is 1.47. The van der Waals surface area contributed by atoms with Gasteiger partial charge in [0, 0.05) is 13.2 Å². The summed E-state index contributed by atoms with van der Waals surface area (Å²) in [5.74, 6) is 0. The molecular weight excluding hydrogens is 231 g/mol. The van der Waals surface area contributed by atoms with Gasteiger partial charge >= 0.3 is 58.4 Å². The molecule has 1 heterocycles. The second kappa shape index (κ2) is 4.59. The Morgan fingerprint density at radius 2 is 1.93 bits per heavy atom. The molecule has 0 saturated heterocycles. The van der Waals surface area contributed by atoms with E-state index in [4.69, 9.17) is 0 Å². The van der Waals surface area contributed by atoms with Crippen molar-refractivity contribution in [2.75, 3.05) is 0 Å². The van der Waals surface area contributed by atoms with Gasteiger partial charge in [-0.1, -0.05) is 17.6 Å². The van der Waals surface area contributed by atoms with Crippen LogP contribution >= 0.6 is 0 Å². The summed E-state index contributed by atoms with van der Waals surface area (Å²) in [5, 5.41) is 4.08. The van der Waals surface area contributed by atoms with Crippen molar-refractivity contribution in [1.29, 1.82) is 0 Å². The molecule has 0 unspecified atom stereocenters. The summed E-state index contributed by atoms with van der Waals surface area (Å²) in [5.41, 5.74) is -0.195. The van der Waals surface area contributed by atoms with Gasteiger partial charge in [-0.25, -0.2) is 0 Å². The molecule has 0 bridgehead atoms. The maximum Gasteiger partial charge on any atom is 1.00 e. The average Bonchev–Trinajstić information content (AvgIpc) is 2.41. The number of hydrogen-bond acceptors (Lipinski definition) is 1. The largest absolute Gasteiger partial charge is 1.00 e. The fraction of sp³-hybridized carbons (Fsp3) is 0.125. The van der Waals surface area contributed by atoms with Crippen LogP contribution in [0.1, 0.15) is 0 Å². The molecule has 1 aromatic carbocycles. The van der Waals surface area contributed by atoms with Crippen LogP contribution in [0.5, 0.6) is 0 Å². The van der Waals surface area contributed by atoms with Crippen LogP contribution in [0.2, 0.25) is 0 Å². The SMILES string of the molecule is Cn1cc2c([B-](F)(F)F)cccc2n1.[K+]. The number of hydrogen-bond donors (Lipinski definition) is 0. The summed E-state index contributed by atoms with van der Waals surface area (Å²) in [6.07, 6.45) is 1.39. The molecule has 0 N–H and O–H groups in total. The van der Waals surface area contributed by atoms with Gasteiger partial charge < -0.3 is 12.9 Å². The second-order valence-electron chi connectivity index (χ2n) is 3.16. The average molecular weight is 238 g/mol. The zero-order valence-corrected chi connectivity index (χ0v) is 11.5. The minimum atomic E-state index is -4.96. The fourth-order valence-corrected chi connectivity index (χ4v) is 1.47. The van der Waals surface area contributed by atoms with Crippen molar-refractivity contribution in [3.05, 3.63) is 24.4 Å². The first-order chi connectivity index (χ1) is 6.48. The van der Waals surface area contributed by atoms with Crippen LogP contribution in [0.4, 0.5) is 12.9 Å². The predicted octanol–water partition coefficient (Wildman–Crippen LogP) is -1.37. The molecule has 0 aliphatic heterocycles. The Balaban J connectivity index is 0.00000112. The Bertz CT molecular complexity index is 480. The van der Waals surface area contributed by atoms with Gasteiger partial charge in [-0.2, -0.15) is 5.10 Å². The Kier molecular flexibility index (Phi) is 4.05. The topological polar surface area (TPSA) is 17.8 Å². The number of aryl methyl sites for hydroxylation is 1. The predicted molar refractivity (Wildman–Crippen MR) is 49.4 cm³/mol. The standard InChI is InChI=1S/C8H7BF3N2.K/c1-14-5-6-7(9(10,11)12)3-2-4-8(6)13-14;/h2-5H,1H3;/q-1;+1. The quantitative estimate of drug-likeness (QED) is 0.560. The Morgan fingerprint density at radius 3 is 2.53 bits per heavy atom. The number of benzene rings is 1. The molecule has 2 nitrogen and oxygen atoms in total. The molecule has 2 aromatic rings. The summed E-state index contributed by atoms with van der Waals surface area (Å²) in [6, 6.07) is 4.03. The van der Waals surface area contributed by atoms with Gasteiger partial charge in [-0.05, 0) is 11.5 Å². The van der Waals surface area contributed by atoms with Crippen molar-refractivity contribution in [1.82, 2.24) is 9.78 Å². The summed E-state index contributed by atoms with van der Waals surface area (Å²) in [7, 11) is 1.60. The summed E-state index contributed by atoms with van der Waals surface area (Å²) in [4.78, 5) is 0.